The molecule has 0 saturated carbocycles. The van der Waals surface area contributed by atoms with Gasteiger partial charge < -0.3 is 9.47 Å². The van der Waals surface area contributed by atoms with Gasteiger partial charge in [0, 0.05) is 25.7 Å². The molecule has 28 heavy (non-hydrogen) atoms. The quantitative estimate of drug-likeness (QED) is 0.554. The fourth-order valence-electron chi connectivity index (χ4n) is 3.17. The minimum Gasteiger partial charge on any atom is -0.342 e. The first kappa shape index (κ1) is 20.1. The van der Waals surface area contributed by atoms with Gasteiger partial charge in [-0.1, -0.05) is 66.4 Å². The third kappa shape index (κ3) is 4.12. The van der Waals surface area contributed by atoms with E-state index in [9.17, 15) is 4.79 Å². The standard InChI is InChI=1S/C22H26N4OS/c1-5-26(6-2)21(27)19(17-13-8-7-9-14-17)28-22-24-23-20(25(22)4)18-15-11-10-12-16(18)3/h7-15,19H,5-6H2,1-4H3/t19-/m1/s1. The average molecular weight is 395 g/mol. The number of thioether (sulfide) groups is 1. The van der Waals surface area contributed by atoms with E-state index in [0.29, 0.717) is 13.1 Å². The summed E-state index contributed by atoms with van der Waals surface area (Å²) in [6, 6.07) is 18.0. The van der Waals surface area contributed by atoms with Crippen LogP contribution in [0.1, 0.15) is 30.2 Å². The highest BCUT2D eigenvalue weighted by atomic mass is 32.2. The topological polar surface area (TPSA) is 51.0 Å². The molecule has 0 N–H and O–H groups in total. The smallest absolute Gasteiger partial charge is 0.240 e. The van der Waals surface area contributed by atoms with Crippen LogP contribution < -0.4 is 0 Å². The Morgan fingerprint density at radius 3 is 2.32 bits per heavy atom. The zero-order valence-electron chi connectivity index (χ0n) is 16.8. The first-order valence-corrected chi connectivity index (χ1v) is 10.4. The van der Waals surface area contributed by atoms with Crippen LogP contribution in [0.25, 0.3) is 11.4 Å². The Morgan fingerprint density at radius 2 is 1.68 bits per heavy atom. The molecule has 0 unspecified atom stereocenters. The molecule has 0 spiro atoms. The maximum Gasteiger partial charge on any atom is 0.240 e. The van der Waals surface area contributed by atoms with Crippen LogP contribution in [-0.2, 0) is 11.8 Å². The van der Waals surface area contributed by atoms with E-state index in [0.717, 1.165) is 27.7 Å². The molecule has 0 bridgehead atoms. The van der Waals surface area contributed by atoms with Gasteiger partial charge in [-0.05, 0) is 31.9 Å². The van der Waals surface area contributed by atoms with Gasteiger partial charge in [0.05, 0.1) is 0 Å². The molecular formula is C22H26N4OS. The molecular weight excluding hydrogens is 368 g/mol. The molecule has 0 radical (unpaired) electrons. The number of hydrogen-bond acceptors (Lipinski definition) is 4. The highest BCUT2D eigenvalue weighted by Crippen LogP contribution is 2.37. The Morgan fingerprint density at radius 1 is 1.04 bits per heavy atom. The van der Waals surface area contributed by atoms with E-state index < -0.39 is 0 Å². The number of rotatable bonds is 7. The van der Waals surface area contributed by atoms with Crippen molar-refractivity contribution in [1.82, 2.24) is 19.7 Å². The number of likely N-dealkylation sites (N-methyl/N-ethyl adjacent to an activating group) is 1. The van der Waals surface area contributed by atoms with Crippen molar-refractivity contribution in [2.75, 3.05) is 13.1 Å². The van der Waals surface area contributed by atoms with Crippen LogP contribution in [0, 0.1) is 6.92 Å². The Bertz CT molecular complexity index is 935. The van der Waals surface area contributed by atoms with Gasteiger partial charge in [0.15, 0.2) is 11.0 Å². The summed E-state index contributed by atoms with van der Waals surface area (Å²) in [7, 11) is 1.95. The Labute approximate surface area is 170 Å². The van der Waals surface area contributed by atoms with Crippen LogP contribution in [-0.4, -0.2) is 38.7 Å². The second-order valence-electron chi connectivity index (χ2n) is 6.60. The number of nitrogens with zero attached hydrogens (tertiary/aromatic N) is 4. The second-order valence-corrected chi connectivity index (χ2v) is 7.67. The summed E-state index contributed by atoms with van der Waals surface area (Å²) in [5, 5.41) is 9.18. The summed E-state index contributed by atoms with van der Waals surface area (Å²) in [5.74, 6) is 0.907. The van der Waals surface area contributed by atoms with E-state index in [1.807, 2.05) is 78.9 Å². The van der Waals surface area contributed by atoms with Crippen molar-refractivity contribution in [3.8, 4) is 11.4 Å². The largest absolute Gasteiger partial charge is 0.342 e. The number of amides is 1. The minimum atomic E-state index is -0.353. The lowest BCUT2D eigenvalue weighted by Crippen LogP contribution is -2.34. The molecule has 1 amide bonds. The highest BCUT2D eigenvalue weighted by molar-refractivity contribution is 8.00. The van der Waals surface area contributed by atoms with E-state index in [1.165, 1.54) is 11.8 Å². The molecule has 0 aliphatic carbocycles. The van der Waals surface area contributed by atoms with Gasteiger partial charge in [0.2, 0.25) is 5.91 Å². The minimum absolute atomic E-state index is 0.0987. The molecule has 6 heteroatoms. The van der Waals surface area contributed by atoms with Crippen LogP contribution in [0.4, 0.5) is 0 Å². The molecule has 1 heterocycles. The van der Waals surface area contributed by atoms with Crippen molar-refractivity contribution in [3.05, 3.63) is 65.7 Å². The summed E-state index contributed by atoms with van der Waals surface area (Å²) in [6.07, 6.45) is 0. The number of aromatic nitrogens is 3. The maximum atomic E-state index is 13.2. The monoisotopic (exact) mass is 394 g/mol. The van der Waals surface area contributed by atoms with E-state index in [4.69, 9.17) is 0 Å². The van der Waals surface area contributed by atoms with Gasteiger partial charge >= 0.3 is 0 Å². The molecule has 0 saturated heterocycles. The van der Waals surface area contributed by atoms with Crippen LogP contribution in [0.15, 0.2) is 59.8 Å². The highest BCUT2D eigenvalue weighted by Gasteiger charge is 2.28. The zero-order chi connectivity index (χ0) is 20.1. The zero-order valence-corrected chi connectivity index (χ0v) is 17.6. The van der Waals surface area contributed by atoms with Gasteiger partial charge in [-0.25, -0.2) is 0 Å². The first-order valence-electron chi connectivity index (χ1n) is 9.52. The Balaban J connectivity index is 1.96. The predicted molar refractivity (Wildman–Crippen MR) is 114 cm³/mol. The van der Waals surface area contributed by atoms with Gasteiger partial charge in [-0.3, -0.25) is 4.79 Å². The van der Waals surface area contributed by atoms with E-state index in [1.54, 1.807) is 0 Å². The molecule has 146 valence electrons. The van der Waals surface area contributed by atoms with Crippen molar-refractivity contribution in [2.24, 2.45) is 7.05 Å². The molecule has 1 aromatic heterocycles. The van der Waals surface area contributed by atoms with Gasteiger partial charge in [-0.15, -0.1) is 10.2 Å². The number of carbonyl (C=O) groups is 1. The number of benzene rings is 2. The average Bonchev–Trinajstić information content (AvgIpc) is 3.08. The molecule has 0 fully saturated rings. The van der Waals surface area contributed by atoms with Gasteiger partial charge in [0.25, 0.3) is 0 Å². The summed E-state index contributed by atoms with van der Waals surface area (Å²) < 4.78 is 1.97. The van der Waals surface area contributed by atoms with Crippen LogP contribution in [0.5, 0.6) is 0 Å². The summed E-state index contributed by atoms with van der Waals surface area (Å²) in [6.45, 7) is 7.45. The fraction of sp³-hybridized carbons (Fsp3) is 0.318. The summed E-state index contributed by atoms with van der Waals surface area (Å²) in [4.78, 5) is 15.1. The van der Waals surface area contributed by atoms with E-state index >= 15 is 0 Å². The molecule has 3 rings (SSSR count). The van der Waals surface area contributed by atoms with Crippen molar-refractivity contribution in [2.45, 2.75) is 31.2 Å². The van der Waals surface area contributed by atoms with Crippen molar-refractivity contribution >= 4 is 17.7 Å². The molecule has 1 atom stereocenters. The predicted octanol–water partition coefficient (Wildman–Crippen LogP) is 4.49. The molecule has 2 aromatic carbocycles. The Kier molecular flexibility index (Phi) is 6.52. The van der Waals surface area contributed by atoms with Crippen LogP contribution in [0.2, 0.25) is 0 Å². The third-order valence-corrected chi connectivity index (χ3v) is 6.12. The molecule has 5 nitrogen and oxygen atoms in total. The van der Waals surface area contributed by atoms with Crippen molar-refractivity contribution in [3.63, 3.8) is 0 Å². The van der Waals surface area contributed by atoms with Crippen LogP contribution >= 0.6 is 11.8 Å². The summed E-state index contributed by atoms with van der Waals surface area (Å²) in [5.41, 5.74) is 3.17. The van der Waals surface area contributed by atoms with Gasteiger partial charge in [-0.2, -0.15) is 0 Å². The molecule has 0 aliphatic rings. The number of hydrogen-bond donors (Lipinski definition) is 0. The maximum absolute atomic E-state index is 13.2. The lowest BCUT2D eigenvalue weighted by Gasteiger charge is -2.24. The van der Waals surface area contributed by atoms with Crippen LogP contribution in [0.3, 0.4) is 0 Å². The van der Waals surface area contributed by atoms with Crippen molar-refractivity contribution in [1.29, 1.82) is 0 Å². The molecule has 0 aliphatic heterocycles. The third-order valence-electron chi connectivity index (χ3n) is 4.85. The van der Waals surface area contributed by atoms with E-state index in [-0.39, 0.29) is 11.2 Å². The molecule has 3 aromatic rings. The van der Waals surface area contributed by atoms with Gasteiger partial charge in [0.1, 0.15) is 5.25 Å². The first-order chi connectivity index (χ1) is 13.6. The Hall–Kier alpha value is -2.60. The van der Waals surface area contributed by atoms with Crippen molar-refractivity contribution < 1.29 is 4.79 Å². The summed E-state index contributed by atoms with van der Waals surface area (Å²) >= 11 is 1.46. The van der Waals surface area contributed by atoms with E-state index in [2.05, 4.69) is 23.2 Å². The SMILES string of the molecule is CCN(CC)C(=O)[C@H](Sc1nnc(-c2ccccc2C)n1C)c1ccccc1. The number of aryl methyl sites for hydroxylation is 1. The lowest BCUT2D eigenvalue weighted by atomic mass is 10.1. The fourth-order valence-corrected chi connectivity index (χ4v) is 4.26. The normalized spacial score (nSPS) is 12.0. The second kappa shape index (κ2) is 9.06. The number of carbonyl (C=O) groups excluding carboxylic acids is 1. The lowest BCUT2D eigenvalue weighted by molar-refractivity contribution is -0.130.